The van der Waals surface area contributed by atoms with Gasteiger partial charge in [-0.1, -0.05) is 17.8 Å². The minimum Gasteiger partial charge on any atom is -0.478 e. The van der Waals surface area contributed by atoms with E-state index in [1.807, 2.05) is 18.2 Å². The zero-order valence-corrected chi connectivity index (χ0v) is 13.7. The van der Waals surface area contributed by atoms with Crippen LogP contribution in [0.5, 0.6) is 0 Å². The van der Waals surface area contributed by atoms with Gasteiger partial charge in [0.2, 0.25) is 5.91 Å². The number of hydrogen-bond donors (Lipinski definition) is 2. The van der Waals surface area contributed by atoms with Gasteiger partial charge in [0.05, 0.1) is 11.3 Å². The molecule has 0 atom stereocenters. The Kier molecular flexibility index (Phi) is 5.57. The summed E-state index contributed by atoms with van der Waals surface area (Å²) in [5, 5.41) is 12.1. The van der Waals surface area contributed by atoms with Crippen LogP contribution in [-0.4, -0.2) is 27.7 Å². The molecule has 2 N–H and O–H groups in total. The van der Waals surface area contributed by atoms with Gasteiger partial charge in [0.1, 0.15) is 5.03 Å². The molecule has 0 saturated heterocycles. The molecule has 0 radical (unpaired) electrons. The fraction of sp³-hybridized carbons (Fsp3) is 0.0714. The van der Waals surface area contributed by atoms with Gasteiger partial charge in [-0.25, -0.2) is 9.78 Å². The summed E-state index contributed by atoms with van der Waals surface area (Å²) in [6, 6.07) is 10.5. The normalized spacial score (nSPS) is 10.1. The molecule has 1 aromatic heterocycles. The number of carbonyl (C=O) groups excluding carboxylic acids is 1. The molecule has 0 bridgehead atoms. The lowest BCUT2D eigenvalue weighted by atomic mass is 10.3. The van der Waals surface area contributed by atoms with Crippen LogP contribution in [0.3, 0.4) is 0 Å². The van der Waals surface area contributed by atoms with Crippen LogP contribution >= 0.6 is 34.4 Å². The number of aromatic carboxylic acids is 1. The first kappa shape index (κ1) is 15.8. The van der Waals surface area contributed by atoms with Crippen molar-refractivity contribution in [3.63, 3.8) is 0 Å². The highest BCUT2D eigenvalue weighted by molar-refractivity contribution is 14.1. The number of rotatable bonds is 5. The Bertz CT molecular complexity index is 679. The summed E-state index contributed by atoms with van der Waals surface area (Å²) in [6.07, 6.45) is 1.51. The third-order valence-electron chi connectivity index (χ3n) is 2.45. The van der Waals surface area contributed by atoms with Gasteiger partial charge in [-0.15, -0.1) is 0 Å². The summed E-state index contributed by atoms with van der Waals surface area (Å²) in [4.78, 5) is 26.9. The van der Waals surface area contributed by atoms with Crippen molar-refractivity contribution in [1.29, 1.82) is 0 Å². The lowest BCUT2D eigenvalue weighted by Crippen LogP contribution is -2.14. The van der Waals surface area contributed by atoms with Crippen molar-refractivity contribution in [2.75, 3.05) is 11.1 Å². The van der Waals surface area contributed by atoms with Crippen molar-refractivity contribution >= 4 is 51.9 Å². The zero-order chi connectivity index (χ0) is 15.2. The average molecular weight is 414 g/mol. The number of carboxylic acid groups (broad SMARTS) is 1. The highest BCUT2D eigenvalue weighted by atomic mass is 127. The van der Waals surface area contributed by atoms with Gasteiger partial charge in [-0.3, -0.25) is 4.79 Å². The third-order valence-corrected chi connectivity index (χ3v) is 4.13. The number of carbonyl (C=O) groups is 2. The van der Waals surface area contributed by atoms with Crippen molar-refractivity contribution in [3.8, 4) is 0 Å². The number of nitrogens with zero attached hydrogens (tertiary/aromatic N) is 1. The van der Waals surface area contributed by atoms with Crippen molar-refractivity contribution in [2.24, 2.45) is 0 Å². The molecule has 2 rings (SSSR count). The zero-order valence-electron chi connectivity index (χ0n) is 10.7. The van der Waals surface area contributed by atoms with E-state index in [0.29, 0.717) is 10.7 Å². The molecule has 5 nitrogen and oxygen atoms in total. The lowest BCUT2D eigenvalue weighted by Gasteiger charge is -2.06. The Morgan fingerprint density at radius 1 is 1.29 bits per heavy atom. The quantitative estimate of drug-likeness (QED) is 0.581. The van der Waals surface area contributed by atoms with Gasteiger partial charge in [-0.05, 0) is 52.9 Å². The van der Waals surface area contributed by atoms with E-state index in [-0.39, 0.29) is 17.2 Å². The number of hydrogen-bond acceptors (Lipinski definition) is 4. The first-order chi connectivity index (χ1) is 10.1. The third kappa shape index (κ3) is 4.71. The topological polar surface area (TPSA) is 79.3 Å². The summed E-state index contributed by atoms with van der Waals surface area (Å²) >= 11 is 3.26. The molecule has 1 amide bonds. The maximum atomic E-state index is 11.9. The Labute approximate surface area is 139 Å². The molecular weight excluding hydrogens is 403 g/mol. The number of nitrogens with one attached hydrogen (secondary N) is 1. The Hall–Kier alpha value is -1.61. The van der Waals surface area contributed by atoms with Crippen LogP contribution < -0.4 is 5.32 Å². The van der Waals surface area contributed by atoms with E-state index in [0.717, 1.165) is 15.3 Å². The number of aromatic nitrogens is 1. The molecule has 0 saturated carbocycles. The summed E-state index contributed by atoms with van der Waals surface area (Å²) in [5.74, 6) is -1.16. The van der Waals surface area contributed by atoms with Crippen molar-refractivity contribution in [3.05, 3.63) is 51.7 Å². The second-order valence-corrected chi connectivity index (χ2v) is 6.22. The predicted molar refractivity (Wildman–Crippen MR) is 89.7 cm³/mol. The highest BCUT2D eigenvalue weighted by Gasteiger charge is 2.12. The first-order valence-electron chi connectivity index (χ1n) is 5.93. The van der Waals surface area contributed by atoms with Gasteiger partial charge in [0.25, 0.3) is 0 Å². The highest BCUT2D eigenvalue weighted by Crippen LogP contribution is 2.20. The number of halogens is 1. The van der Waals surface area contributed by atoms with Gasteiger partial charge in [0, 0.05) is 15.5 Å². The second-order valence-electron chi connectivity index (χ2n) is 4.01. The van der Waals surface area contributed by atoms with E-state index in [2.05, 4.69) is 32.9 Å². The van der Waals surface area contributed by atoms with E-state index in [4.69, 9.17) is 5.11 Å². The number of anilines is 1. The number of amides is 1. The largest absolute Gasteiger partial charge is 0.478 e. The van der Waals surface area contributed by atoms with Crippen LogP contribution in [0.15, 0.2) is 47.6 Å². The molecule has 0 fully saturated rings. The molecule has 2 aromatic rings. The SMILES string of the molecule is O=C(CSc1ncccc1C(=O)O)Nc1cccc(I)c1. The smallest absolute Gasteiger partial charge is 0.338 e. The molecule has 108 valence electrons. The van der Waals surface area contributed by atoms with E-state index in [9.17, 15) is 9.59 Å². The molecule has 21 heavy (non-hydrogen) atoms. The van der Waals surface area contributed by atoms with Crippen LogP contribution in [0, 0.1) is 3.57 Å². The Balaban J connectivity index is 1.97. The maximum absolute atomic E-state index is 11.9. The van der Waals surface area contributed by atoms with Crippen molar-refractivity contribution in [2.45, 2.75) is 5.03 Å². The average Bonchev–Trinajstić information content (AvgIpc) is 2.45. The fourth-order valence-electron chi connectivity index (χ4n) is 1.57. The summed E-state index contributed by atoms with van der Waals surface area (Å²) in [5.41, 5.74) is 0.816. The molecule has 0 aliphatic carbocycles. The molecule has 0 aliphatic rings. The predicted octanol–water partition coefficient (Wildman–Crippen LogP) is 3.12. The van der Waals surface area contributed by atoms with E-state index in [1.54, 1.807) is 12.1 Å². The summed E-state index contributed by atoms with van der Waals surface area (Å²) in [7, 11) is 0. The second kappa shape index (κ2) is 7.41. The van der Waals surface area contributed by atoms with Crippen LogP contribution in [0.25, 0.3) is 0 Å². The lowest BCUT2D eigenvalue weighted by molar-refractivity contribution is -0.113. The van der Waals surface area contributed by atoms with Crippen molar-refractivity contribution < 1.29 is 14.7 Å². The van der Waals surface area contributed by atoms with Gasteiger partial charge < -0.3 is 10.4 Å². The number of benzene rings is 1. The molecular formula is C14H11IN2O3S. The number of carboxylic acids is 1. The number of pyridine rings is 1. The molecule has 1 heterocycles. The monoisotopic (exact) mass is 414 g/mol. The Morgan fingerprint density at radius 3 is 2.81 bits per heavy atom. The van der Waals surface area contributed by atoms with E-state index in [1.165, 1.54) is 12.3 Å². The molecule has 0 spiro atoms. The van der Waals surface area contributed by atoms with Crippen LogP contribution in [0.1, 0.15) is 10.4 Å². The van der Waals surface area contributed by atoms with Crippen LogP contribution in [0.4, 0.5) is 5.69 Å². The molecule has 7 heteroatoms. The summed E-state index contributed by atoms with van der Waals surface area (Å²) in [6.45, 7) is 0. The number of thioether (sulfide) groups is 1. The molecule has 0 unspecified atom stereocenters. The minimum atomic E-state index is -1.05. The minimum absolute atomic E-state index is 0.1000. The maximum Gasteiger partial charge on any atom is 0.338 e. The van der Waals surface area contributed by atoms with Crippen LogP contribution in [-0.2, 0) is 4.79 Å². The van der Waals surface area contributed by atoms with Crippen LogP contribution in [0.2, 0.25) is 0 Å². The van der Waals surface area contributed by atoms with Crippen molar-refractivity contribution in [1.82, 2.24) is 4.98 Å². The van der Waals surface area contributed by atoms with Gasteiger partial charge >= 0.3 is 5.97 Å². The first-order valence-corrected chi connectivity index (χ1v) is 7.99. The van der Waals surface area contributed by atoms with E-state index < -0.39 is 5.97 Å². The molecule has 0 aliphatic heterocycles. The molecule has 1 aromatic carbocycles. The summed E-state index contributed by atoms with van der Waals surface area (Å²) < 4.78 is 1.02. The van der Waals surface area contributed by atoms with Gasteiger partial charge in [0.15, 0.2) is 0 Å². The Morgan fingerprint density at radius 2 is 2.10 bits per heavy atom. The standard InChI is InChI=1S/C14H11IN2O3S/c15-9-3-1-4-10(7-9)17-12(18)8-21-13-11(14(19)20)5-2-6-16-13/h1-7H,8H2,(H,17,18)(H,19,20). The fourth-order valence-corrected chi connectivity index (χ4v) is 2.90. The van der Waals surface area contributed by atoms with E-state index >= 15 is 0 Å². The van der Waals surface area contributed by atoms with Gasteiger partial charge in [-0.2, -0.15) is 0 Å².